The minimum atomic E-state index is 0.311. The first-order valence-corrected chi connectivity index (χ1v) is 8.09. The SMILES string of the molecule is CC(C)Nc1nc(Cl)c2c3c(sc2n1)CCCCC3. The molecule has 2 heterocycles. The smallest absolute Gasteiger partial charge is 0.225 e. The van der Waals surface area contributed by atoms with Crippen molar-refractivity contribution in [2.24, 2.45) is 0 Å². The van der Waals surface area contributed by atoms with Crippen molar-refractivity contribution in [1.82, 2.24) is 9.97 Å². The zero-order valence-corrected chi connectivity index (χ0v) is 12.9. The van der Waals surface area contributed by atoms with Gasteiger partial charge in [0.2, 0.25) is 5.95 Å². The van der Waals surface area contributed by atoms with Gasteiger partial charge in [-0.2, -0.15) is 0 Å². The highest BCUT2D eigenvalue weighted by molar-refractivity contribution is 7.19. The van der Waals surface area contributed by atoms with Crippen LogP contribution in [0.25, 0.3) is 10.2 Å². The van der Waals surface area contributed by atoms with E-state index in [0.717, 1.165) is 16.6 Å². The van der Waals surface area contributed by atoms with Crippen LogP contribution in [0, 0.1) is 0 Å². The molecule has 5 heteroatoms. The van der Waals surface area contributed by atoms with Gasteiger partial charge >= 0.3 is 0 Å². The van der Waals surface area contributed by atoms with Crippen molar-refractivity contribution in [2.75, 3.05) is 5.32 Å². The minimum Gasteiger partial charge on any atom is -0.352 e. The maximum absolute atomic E-state index is 6.39. The molecule has 1 aliphatic rings. The number of thiophene rings is 1. The van der Waals surface area contributed by atoms with E-state index in [9.17, 15) is 0 Å². The zero-order valence-electron chi connectivity index (χ0n) is 11.3. The predicted molar refractivity (Wildman–Crippen MR) is 82.4 cm³/mol. The van der Waals surface area contributed by atoms with Crippen LogP contribution in [0.3, 0.4) is 0 Å². The second-order valence-corrected chi connectivity index (χ2v) is 6.82. The maximum Gasteiger partial charge on any atom is 0.225 e. The Morgan fingerprint density at radius 3 is 2.74 bits per heavy atom. The zero-order chi connectivity index (χ0) is 13.4. The van der Waals surface area contributed by atoms with Crippen molar-refractivity contribution in [3.8, 4) is 0 Å². The highest BCUT2D eigenvalue weighted by atomic mass is 35.5. The number of rotatable bonds is 2. The van der Waals surface area contributed by atoms with Gasteiger partial charge in [-0.1, -0.05) is 18.0 Å². The highest BCUT2D eigenvalue weighted by Gasteiger charge is 2.19. The monoisotopic (exact) mass is 295 g/mol. The summed E-state index contributed by atoms with van der Waals surface area (Å²) in [6.45, 7) is 4.15. The number of fused-ring (bicyclic) bond motifs is 3. The van der Waals surface area contributed by atoms with Crippen molar-refractivity contribution >= 4 is 39.1 Å². The molecule has 102 valence electrons. The molecule has 0 radical (unpaired) electrons. The lowest BCUT2D eigenvalue weighted by Gasteiger charge is -2.08. The third-order valence-electron chi connectivity index (χ3n) is 3.44. The molecule has 0 spiro atoms. The standard InChI is InChI=1S/C14H18ClN3S/c1-8(2)16-14-17-12(15)11-9-6-4-3-5-7-10(9)19-13(11)18-14/h8H,3-7H2,1-2H3,(H,16,17,18). The van der Waals surface area contributed by atoms with E-state index in [0.29, 0.717) is 17.1 Å². The summed E-state index contributed by atoms with van der Waals surface area (Å²) in [6, 6.07) is 0.311. The number of aromatic nitrogens is 2. The first kappa shape index (κ1) is 13.1. The van der Waals surface area contributed by atoms with E-state index in [1.165, 1.54) is 36.1 Å². The van der Waals surface area contributed by atoms with Crippen molar-refractivity contribution < 1.29 is 0 Å². The lowest BCUT2D eigenvalue weighted by Crippen LogP contribution is -2.12. The number of nitrogens with zero attached hydrogens (tertiary/aromatic N) is 2. The summed E-state index contributed by atoms with van der Waals surface area (Å²) >= 11 is 8.19. The van der Waals surface area contributed by atoms with Gasteiger partial charge < -0.3 is 5.32 Å². The first-order valence-electron chi connectivity index (χ1n) is 6.89. The fraction of sp³-hybridized carbons (Fsp3) is 0.571. The molecular formula is C14H18ClN3S. The molecule has 0 saturated carbocycles. The van der Waals surface area contributed by atoms with Gasteiger partial charge in [-0.25, -0.2) is 9.97 Å². The Balaban J connectivity index is 2.11. The Bertz CT molecular complexity index is 606. The average molecular weight is 296 g/mol. The molecule has 0 atom stereocenters. The molecule has 0 amide bonds. The second-order valence-electron chi connectivity index (χ2n) is 5.38. The van der Waals surface area contributed by atoms with E-state index < -0.39 is 0 Å². The highest BCUT2D eigenvalue weighted by Crippen LogP contribution is 2.38. The van der Waals surface area contributed by atoms with E-state index in [1.807, 2.05) is 0 Å². The molecule has 1 N–H and O–H groups in total. The van der Waals surface area contributed by atoms with Gasteiger partial charge in [0.1, 0.15) is 9.98 Å². The van der Waals surface area contributed by atoms with Gasteiger partial charge in [0.25, 0.3) is 0 Å². The van der Waals surface area contributed by atoms with Crippen LogP contribution < -0.4 is 5.32 Å². The van der Waals surface area contributed by atoms with Gasteiger partial charge in [0, 0.05) is 10.9 Å². The molecule has 0 fully saturated rings. The normalized spacial score (nSPS) is 15.6. The van der Waals surface area contributed by atoms with Crippen molar-refractivity contribution in [1.29, 1.82) is 0 Å². The fourth-order valence-corrected chi connectivity index (χ4v) is 4.21. The summed E-state index contributed by atoms with van der Waals surface area (Å²) in [5.74, 6) is 0.643. The fourth-order valence-electron chi connectivity index (χ4n) is 2.61. The average Bonchev–Trinajstić information content (AvgIpc) is 2.52. The number of hydrogen-bond donors (Lipinski definition) is 1. The Morgan fingerprint density at radius 1 is 1.16 bits per heavy atom. The Hall–Kier alpha value is -0.870. The van der Waals surface area contributed by atoms with Crippen molar-refractivity contribution in [2.45, 2.75) is 52.0 Å². The molecule has 0 bridgehead atoms. The summed E-state index contributed by atoms with van der Waals surface area (Å²) in [6.07, 6.45) is 6.13. The van der Waals surface area contributed by atoms with Gasteiger partial charge in [-0.15, -0.1) is 11.3 Å². The third-order valence-corrected chi connectivity index (χ3v) is 4.90. The van der Waals surface area contributed by atoms with Crippen LogP contribution in [0.15, 0.2) is 0 Å². The molecule has 0 aromatic carbocycles. The van der Waals surface area contributed by atoms with E-state index in [1.54, 1.807) is 11.3 Å². The molecule has 2 aromatic rings. The summed E-state index contributed by atoms with van der Waals surface area (Å²) < 4.78 is 0. The Labute approximate surface area is 122 Å². The summed E-state index contributed by atoms with van der Waals surface area (Å²) in [5.41, 5.74) is 1.40. The van der Waals surface area contributed by atoms with Crippen LogP contribution in [0.1, 0.15) is 43.6 Å². The minimum absolute atomic E-state index is 0.311. The van der Waals surface area contributed by atoms with E-state index in [-0.39, 0.29) is 0 Å². The quantitative estimate of drug-likeness (QED) is 0.658. The third kappa shape index (κ3) is 2.56. The molecule has 0 unspecified atom stereocenters. The van der Waals surface area contributed by atoms with E-state index >= 15 is 0 Å². The predicted octanol–water partition coefficient (Wildman–Crippen LogP) is 4.43. The lowest BCUT2D eigenvalue weighted by atomic mass is 10.1. The number of anilines is 1. The molecule has 0 saturated heterocycles. The number of hydrogen-bond acceptors (Lipinski definition) is 4. The topological polar surface area (TPSA) is 37.8 Å². The van der Waals surface area contributed by atoms with Crippen LogP contribution >= 0.6 is 22.9 Å². The van der Waals surface area contributed by atoms with Crippen LogP contribution in [-0.2, 0) is 12.8 Å². The Morgan fingerprint density at radius 2 is 1.95 bits per heavy atom. The van der Waals surface area contributed by atoms with Gasteiger partial charge in [0.05, 0.1) is 5.39 Å². The van der Waals surface area contributed by atoms with Crippen LogP contribution in [0.5, 0.6) is 0 Å². The summed E-state index contributed by atoms with van der Waals surface area (Å²) in [4.78, 5) is 11.5. The van der Waals surface area contributed by atoms with Gasteiger partial charge in [-0.05, 0) is 45.1 Å². The van der Waals surface area contributed by atoms with E-state index in [4.69, 9.17) is 11.6 Å². The summed E-state index contributed by atoms with van der Waals surface area (Å²) in [7, 11) is 0. The number of halogens is 1. The molecule has 19 heavy (non-hydrogen) atoms. The van der Waals surface area contributed by atoms with Crippen LogP contribution in [0.4, 0.5) is 5.95 Å². The van der Waals surface area contributed by atoms with E-state index in [2.05, 4.69) is 29.1 Å². The maximum atomic E-state index is 6.39. The molecular weight excluding hydrogens is 278 g/mol. The van der Waals surface area contributed by atoms with Crippen LogP contribution in [-0.4, -0.2) is 16.0 Å². The van der Waals surface area contributed by atoms with Gasteiger partial charge in [-0.3, -0.25) is 0 Å². The molecule has 2 aromatic heterocycles. The summed E-state index contributed by atoms with van der Waals surface area (Å²) in [5, 5.41) is 4.93. The van der Waals surface area contributed by atoms with Crippen molar-refractivity contribution in [3.05, 3.63) is 15.6 Å². The van der Waals surface area contributed by atoms with Crippen LogP contribution in [0.2, 0.25) is 5.15 Å². The van der Waals surface area contributed by atoms with Crippen molar-refractivity contribution in [3.63, 3.8) is 0 Å². The molecule has 3 nitrogen and oxygen atoms in total. The molecule has 0 aliphatic heterocycles. The number of aryl methyl sites for hydroxylation is 2. The van der Waals surface area contributed by atoms with Gasteiger partial charge in [0.15, 0.2) is 0 Å². The largest absolute Gasteiger partial charge is 0.352 e. The molecule has 1 aliphatic carbocycles. The second kappa shape index (κ2) is 5.25. The number of nitrogens with one attached hydrogen (secondary N) is 1. The molecule has 3 rings (SSSR count). The lowest BCUT2D eigenvalue weighted by molar-refractivity contribution is 0.713. The first-order chi connectivity index (χ1) is 9.15. The Kier molecular flexibility index (Phi) is 3.63.